The van der Waals surface area contributed by atoms with E-state index in [1.54, 1.807) is 6.20 Å². The van der Waals surface area contributed by atoms with E-state index in [2.05, 4.69) is 22.5 Å². The predicted octanol–water partition coefficient (Wildman–Crippen LogP) is 2.14. The van der Waals surface area contributed by atoms with Crippen molar-refractivity contribution in [1.29, 1.82) is 0 Å². The van der Waals surface area contributed by atoms with Gasteiger partial charge in [0.25, 0.3) is 0 Å². The van der Waals surface area contributed by atoms with Crippen LogP contribution in [0.3, 0.4) is 0 Å². The number of rotatable bonds is 1. The van der Waals surface area contributed by atoms with Gasteiger partial charge in [0.05, 0.1) is 0 Å². The number of nitrogens with one attached hydrogen (secondary N) is 1. The second kappa shape index (κ2) is 2.38. The maximum atomic E-state index is 4.17. The molecule has 0 aliphatic carbocycles. The lowest BCUT2D eigenvalue weighted by atomic mass is 10.2. The summed E-state index contributed by atoms with van der Waals surface area (Å²) in [4.78, 5) is 7.27. The molecule has 2 rings (SSSR count). The minimum atomic E-state index is 0.959. The largest absolute Gasteiger partial charge is 0.346 e. The van der Waals surface area contributed by atoms with E-state index in [-0.39, 0.29) is 0 Å². The standard InChI is InChI=1S/C9H9N2/c1-2-7-6-11-9-8(7)4-3-5-10-9/h2-6H,1H3,(H,10,11). The summed E-state index contributed by atoms with van der Waals surface area (Å²) in [6, 6.07) is 4.01. The molecule has 0 aliphatic heterocycles. The van der Waals surface area contributed by atoms with Crippen molar-refractivity contribution in [2.24, 2.45) is 0 Å². The Morgan fingerprint density at radius 3 is 3.27 bits per heavy atom. The highest BCUT2D eigenvalue weighted by molar-refractivity contribution is 5.80. The van der Waals surface area contributed by atoms with Crippen molar-refractivity contribution in [2.45, 2.75) is 6.92 Å². The molecule has 0 unspecified atom stereocenters. The Hall–Kier alpha value is -1.31. The van der Waals surface area contributed by atoms with E-state index < -0.39 is 0 Å². The summed E-state index contributed by atoms with van der Waals surface area (Å²) in [5, 5.41) is 1.19. The molecule has 1 radical (unpaired) electrons. The summed E-state index contributed by atoms with van der Waals surface area (Å²) in [5.41, 5.74) is 2.17. The van der Waals surface area contributed by atoms with Gasteiger partial charge < -0.3 is 4.98 Å². The average molecular weight is 145 g/mol. The molecule has 2 aromatic rings. The fraction of sp³-hybridized carbons (Fsp3) is 0.111. The van der Waals surface area contributed by atoms with Crippen LogP contribution in [0, 0.1) is 6.42 Å². The molecule has 0 amide bonds. The Bertz CT molecular complexity index is 362. The van der Waals surface area contributed by atoms with Crippen molar-refractivity contribution in [3.63, 3.8) is 0 Å². The van der Waals surface area contributed by atoms with Gasteiger partial charge >= 0.3 is 0 Å². The van der Waals surface area contributed by atoms with Crippen LogP contribution in [-0.2, 0) is 0 Å². The number of fused-ring (bicyclic) bond motifs is 1. The van der Waals surface area contributed by atoms with Gasteiger partial charge in [0, 0.05) is 17.8 Å². The van der Waals surface area contributed by atoms with Crippen LogP contribution in [0.15, 0.2) is 24.5 Å². The summed E-state index contributed by atoms with van der Waals surface area (Å²) in [6.45, 7) is 2.02. The molecular weight excluding hydrogens is 136 g/mol. The molecule has 0 atom stereocenters. The predicted molar refractivity (Wildman–Crippen MR) is 45.2 cm³/mol. The molecule has 2 heteroatoms. The monoisotopic (exact) mass is 145 g/mol. The van der Waals surface area contributed by atoms with Crippen LogP contribution in [0.25, 0.3) is 11.0 Å². The zero-order valence-corrected chi connectivity index (χ0v) is 6.33. The van der Waals surface area contributed by atoms with Crippen LogP contribution >= 0.6 is 0 Å². The molecule has 2 heterocycles. The van der Waals surface area contributed by atoms with E-state index in [1.165, 1.54) is 10.9 Å². The molecule has 0 spiro atoms. The van der Waals surface area contributed by atoms with Crippen LogP contribution in [0.4, 0.5) is 0 Å². The number of aromatic amines is 1. The average Bonchev–Trinajstić information content (AvgIpc) is 2.47. The highest BCUT2D eigenvalue weighted by Gasteiger charge is 1.99. The van der Waals surface area contributed by atoms with Crippen molar-refractivity contribution in [3.05, 3.63) is 36.5 Å². The summed E-state index contributed by atoms with van der Waals surface area (Å²) in [7, 11) is 0. The molecule has 55 valence electrons. The molecule has 0 saturated heterocycles. The van der Waals surface area contributed by atoms with Gasteiger partial charge in [-0.1, -0.05) is 6.92 Å². The molecule has 2 aromatic heterocycles. The van der Waals surface area contributed by atoms with Gasteiger partial charge in [0.1, 0.15) is 5.65 Å². The Labute approximate surface area is 65.3 Å². The lowest BCUT2D eigenvalue weighted by Crippen LogP contribution is -1.74. The zero-order chi connectivity index (χ0) is 7.68. The summed E-state index contributed by atoms with van der Waals surface area (Å²) < 4.78 is 0. The molecule has 1 N–H and O–H groups in total. The zero-order valence-electron chi connectivity index (χ0n) is 6.33. The number of aromatic nitrogens is 2. The lowest BCUT2D eigenvalue weighted by molar-refractivity contribution is 1.32. The van der Waals surface area contributed by atoms with Crippen LogP contribution < -0.4 is 0 Å². The molecular formula is C9H9N2. The lowest BCUT2D eigenvalue weighted by Gasteiger charge is -1.89. The fourth-order valence-electron chi connectivity index (χ4n) is 1.22. The minimum Gasteiger partial charge on any atom is -0.346 e. The Kier molecular flexibility index (Phi) is 1.39. The quantitative estimate of drug-likeness (QED) is 0.654. The third kappa shape index (κ3) is 0.909. The smallest absolute Gasteiger partial charge is 0.137 e. The molecule has 2 nitrogen and oxygen atoms in total. The van der Waals surface area contributed by atoms with Crippen LogP contribution in [0.2, 0.25) is 0 Å². The van der Waals surface area contributed by atoms with Crippen molar-refractivity contribution >= 4 is 11.0 Å². The van der Waals surface area contributed by atoms with Crippen molar-refractivity contribution < 1.29 is 0 Å². The SMILES string of the molecule is C[CH]c1c[nH]c2ncccc12. The topological polar surface area (TPSA) is 28.7 Å². The van der Waals surface area contributed by atoms with Crippen molar-refractivity contribution in [3.8, 4) is 0 Å². The first-order chi connectivity index (χ1) is 5.42. The fourth-order valence-corrected chi connectivity index (χ4v) is 1.22. The van der Waals surface area contributed by atoms with E-state index >= 15 is 0 Å². The second-order valence-electron chi connectivity index (χ2n) is 2.43. The minimum absolute atomic E-state index is 0.959. The first kappa shape index (κ1) is 6.40. The Balaban J connectivity index is 2.76. The van der Waals surface area contributed by atoms with E-state index in [1.807, 2.05) is 19.2 Å². The maximum Gasteiger partial charge on any atom is 0.137 e. The molecule has 0 saturated carbocycles. The first-order valence-electron chi connectivity index (χ1n) is 3.63. The number of hydrogen-bond donors (Lipinski definition) is 1. The normalized spacial score (nSPS) is 10.6. The summed E-state index contributed by atoms with van der Waals surface area (Å²) >= 11 is 0. The third-order valence-electron chi connectivity index (χ3n) is 1.79. The van der Waals surface area contributed by atoms with Crippen LogP contribution in [0.1, 0.15) is 12.5 Å². The van der Waals surface area contributed by atoms with Gasteiger partial charge in [0.15, 0.2) is 0 Å². The highest BCUT2D eigenvalue weighted by Crippen LogP contribution is 2.16. The number of nitrogens with zero attached hydrogens (tertiary/aromatic N) is 1. The van der Waals surface area contributed by atoms with Gasteiger partial charge in [-0.15, -0.1) is 0 Å². The molecule has 0 aliphatic rings. The van der Waals surface area contributed by atoms with Gasteiger partial charge in [-0.2, -0.15) is 0 Å². The number of H-pyrrole nitrogens is 1. The first-order valence-corrected chi connectivity index (χ1v) is 3.63. The van der Waals surface area contributed by atoms with E-state index in [0.29, 0.717) is 0 Å². The van der Waals surface area contributed by atoms with Crippen molar-refractivity contribution in [2.75, 3.05) is 0 Å². The number of pyridine rings is 1. The number of hydrogen-bond acceptors (Lipinski definition) is 1. The molecule has 0 aromatic carbocycles. The summed E-state index contributed by atoms with van der Waals surface area (Å²) in [6.07, 6.45) is 5.83. The van der Waals surface area contributed by atoms with Gasteiger partial charge in [-0.3, -0.25) is 0 Å². The van der Waals surface area contributed by atoms with E-state index in [0.717, 1.165) is 5.65 Å². The van der Waals surface area contributed by atoms with Crippen LogP contribution in [0.5, 0.6) is 0 Å². The molecule has 0 bridgehead atoms. The Morgan fingerprint density at radius 1 is 1.55 bits per heavy atom. The Morgan fingerprint density at radius 2 is 2.45 bits per heavy atom. The second-order valence-corrected chi connectivity index (χ2v) is 2.43. The van der Waals surface area contributed by atoms with E-state index in [4.69, 9.17) is 0 Å². The van der Waals surface area contributed by atoms with Gasteiger partial charge in [-0.25, -0.2) is 4.98 Å². The molecule has 11 heavy (non-hydrogen) atoms. The van der Waals surface area contributed by atoms with Crippen LogP contribution in [-0.4, -0.2) is 9.97 Å². The maximum absolute atomic E-state index is 4.17. The third-order valence-corrected chi connectivity index (χ3v) is 1.79. The van der Waals surface area contributed by atoms with Gasteiger partial charge in [0.2, 0.25) is 0 Å². The van der Waals surface area contributed by atoms with Gasteiger partial charge in [-0.05, 0) is 24.1 Å². The highest BCUT2D eigenvalue weighted by atomic mass is 14.8. The summed E-state index contributed by atoms with van der Waals surface area (Å²) in [5.74, 6) is 0. The molecule has 0 fully saturated rings. The van der Waals surface area contributed by atoms with E-state index in [9.17, 15) is 0 Å². The van der Waals surface area contributed by atoms with Crippen molar-refractivity contribution in [1.82, 2.24) is 9.97 Å².